The smallest absolute Gasteiger partial charge is 0.147 e. The van der Waals surface area contributed by atoms with Crippen LogP contribution >= 0.6 is 11.3 Å². The summed E-state index contributed by atoms with van der Waals surface area (Å²) in [4.78, 5) is 3.86. The third kappa shape index (κ3) is 3.02. The Bertz CT molecular complexity index is 507. The average molecular weight is 277 g/mol. The lowest BCUT2D eigenvalue weighted by molar-refractivity contribution is 0.160. The number of rotatable bonds is 5. The molecule has 1 unspecified atom stereocenters. The number of hydrogen-bond acceptors (Lipinski definition) is 5. The van der Waals surface area contributed by atoms with Crippen molar-refractivity contribution in [2.24, 2.45) is 0 Å². The van der Waals surface area contributed by atoms with Crippen LogP contribution in [0, 0.1) is 0 Å². The van der Waals surface area contributed by atoms with Crippen LogP contribution < -0.4 is 5.32 Å². The molecule has 0 saturated carbocycles. The molecule has 0 radical (unpaired) electrons. The lowest BCUT2D eigenvalue weighted by Gasteiger charge is -2.32. The summed E-state index contributed by atoms with van der Waals surface area (Å²) < 4.78 is 2.14. The van der Waals surface area contributed by atoms with E-state index >= 15 is 0 Å². The molecule has 3 heterocycles. The number of hydrogen-bond donors (Lipinski definition) is 1. The zero-order chi connectivity index (χ0) is 13.1. The van der Waals surface area contributed by atoms with Crippen LogP contribution in [0.1, 0.15) is 17.6 Å². The molecule has 2 aromatic heterocycles. The molecule has 5 nitrogen and oxygen atoms in total. The highest BCUT2D eigenvalue weighted by Gasteiger charge is 2.21. The molecule has 0 aromatic carbocycles. The summed E-state index contributed by atoms with van der Waals surface area (Å²) in [6, 6.07) is 4.79. The van der Waals surface area contributed by atoms with Gasteiger partial charge in [0, 0.05) is 37.1 Å². The molecule has 0 amide bonds. The highest BCUT2D eigenvalue weighted by atomic mass is 32.1. The van der Waals surface area contributed by atoms with E-state index in [1.54, 1.807) is 11.3 Å². The van der Waals surface area contributed by atoms with Crippen molar-refractivity contribution in [3.8, 4) is 0 Å². The van der Waals surface area contributed by atoms with Gasteiger partial charge in [-0.05, 0) is 18.4 Å². The van der Waals surface area contributed by atoms with Gasteiger partial charge in [-0.1, -0.05) is 6.07 Å². The van der Waals surface area contributed by atoms with Gasteiger partial charge in [-0.3, -0.25) is 4.90 Å². The third-order valence-corrected chi connectivity index (χ3v) is 4.49. The van der Waals surface area contributed by atoms with Gasteiger partial charge in [0.25, 0.3) is 0 Å². The van der Waals surface area contributed by atoms with E-state index in [2.05, 4.69) is 49.4 Å². The summed E-state index contributed by atoms with van der Waals surface area (Å²) in [5.74, 6) is 1.08. The van der Waals surface area contributed by atoms with Crippen LogP contribution in [0.15, 0.2) is 23.8 Å². The van der Waals surface area contributed by atoms with Crippen molar-refractivity contribution in [3.63, 3.8) is 0 Å². The van der Waals surface area contributed by atoms with Crippen LogP contribution in [-0.4, -0.2) is 38.8 Å². The molecule has 102 valence electrons. The summed E-state index contributed by atoms with van der Waals surface area (Å²) in [5, 5.41) is 13.8. The van der Waals surface area contributed by atoms with Crippen LogP contribution in [0.4, 0.5) is 0 Å². The summed E-state index contributed by atoms with van der Waals surface area (Å²) >= 11 is 1.80. The first kappa shape index (κ1) is 12.8. The molecular formula is C13H19N5S. The predicted molar refractivity (Wildman–Crippen MR) is 75.9 cm³/mol. The predicted octanol–water partition coefficient (Wildman–Crippen LogP) is 1.33. The van der Waals surface area contributed by atoms with E-state index in [4.69, 9.17) is 0 Å². The van der Waals surface area contributed by atoms with Gasteiger partial charge in [-0.25, -0.2) is 0 Å². The normalized spacial score (nSPS) is 17.3. The highest BCUT2D eigenvalue weighted by Crippen LogP contribution is 2.12. The zero-order valence-electron chi connectivity index (χ0n) is 11.1. The molecule has 0 spiro atoms. The van der Waals surface area contributed by atoms with Gasteiger partial charge in [0.2, 0.25) is 0 Å². The van der Waals surface area contributed by atoms with E-state index < -0.39 is 0 Å². The summed E-state index contributed by atoms with van der Waals surface area (Å²) in [7, 11) is 0. The SMILES string of the molecule is CC(CNCc1cccs1)N1CCn2cnnc2C1. The fourth-order valence-corrected chi connectivity index (χ4v) is 3.08. The molecule has 6 heteroatoms. The van der Waals surface area contributed by atoms with Gasteiger partial charge in [0.1, 0.15) is 12.2 Å². The second-order valence-electron chi connectivity index (χ2n) is 4.97. The summed E-state index contributed by atoms with van der Waals surface area (Å²) in [6.45, 7) is 7.22. The topological polar surface area (TPSA) is 46.0 Å². The first-order valence-corrected chi connectivity index (χ1v) is 7.55. The lowest BCUT2D eigenvalue weighted by atomic mass is 10.2. The van der Waals surface area contributed by atoms with Crippen LogP contribution in [0.5, 0.6) is 0 Å². The summed E-state index contributed by atoms with van der Waals surface area (Å²) in [5.41, 5.74) is 0. The molecule has 0 aliphatic carbocycles. The van der Waals surface area contributed by atoms with E-state index in [0.29, 0.717) is 6.04 Å². The number of nitrogens with zero attached hydrogens (tertiary/aromatic N) is 4. The minimum atomic E-state index is 0.519. The molecule has 19 heavy (non-hydrogen) atoms. The third-order valence-electron chi connectivity index (χ3n) is 3.61. The molecule has 3 rings (SSSR count). The van der Waals surface area contributed by atoms with Crippen LogP contribution in [0.2, 0.25) is 0 Å². The number of aromatic nitrogens is 3. The van der Waals surface area contributed by atoms with Gasteiger partial charge >= 0.3 is 0 Å². The van der Waals surface area contributed by atoms with Gasteiger partial charge in [0.15, 0.2) is 0 Å². The lowest BCUT2D eigenvalue weighted by Crippen LogP contribution is -2.44. The Morgan fingerprint density at radius 1 is 1.47 bits per heavy atom. The molecule has 0 bridgehead atoms. The Morgan fingerprint density at radius 2 is 2.42 bits per heavy atom. The van der Waals surface area contributed by atoms with E-state index in [1.165, 1.54) is 4.88 Å². The number of thiophene rings is 1. The summed E-state index contributed by atoms with van der Waals surface area (Å²) in [6.07, 6.45) is 1.83. The number of nitrogens with one attached hydrogen (secondary N) is 1. The molecule has 1 atom stereocenters. The minimum absolute atomic E-state index is 0.519. The standard InChI is InChI=1S/C13H19N5S/c1-11(7-14-8-12-3-2-6-19-12)17-4-5-18-10-15-16-13(18)9-17/h2-3,6,10-11,14H,4-5,7-9H2,1H3. The van der Waals surface area contributed by atoms with Crippen molar-refractivity contribution in [2.75, 3.05) is 13.1 Å². The minimum Gasteiger partial charge on any atom is -0.315 e. The maximum atomic E-state index is 4.16. The first-order chi connectivity index (χ1) is 9.33. The zero-order valence-corrected chi connectivity index (χ0v) is 11.9. The maximum absolute atomic E-state index is 4.16. The maximum Gasteiger partial charge on any atom is 0.147 e. The van der Waals surface area contributed by atoms with E-state index in [1.807, 2.05) is 6.33 Å². The fraction of sp³-hybridized carbons (Fsp3) is 0.538. The monoisotopic (exact) mass is 277 g/mol. The molecule has 0 fully saturated rings. The van der Waals surface area contributed by atoms with E-state index in [9.17, 15) is 0 Å². The second kappa shape index (κ2) is 5.81. The Kier molecular flexibility index (Phi) is 3.91. The average Bonchev–Trinajstić information content (AvgIpc) is 3.08. The van der Waals surface area contributed by atoms with Crippen molar-refractivity contribution in [3.05, 3.63) is 34.5 Å². The first-order valence-electron chi connectivity index (χ1n) is 6.67. The Hall–Kier alpha value is -1.24. The van der Waals surface area contributed by atoms with Gasteiger partial charge < -0.3 is 9.88 Å². The van der Waals surface area contributed by atoms with Crippen LogP contribution in [0.25, 0.3) is 0 Å². The van der Waals surface area contributed by atoms with Crippen molar-refractivity contribution < 1.29 is 0 Å². The van der Waals surface area contributed by atoms with E-state index in [0.717, 1.165) is 38.5 Å². The largest absolute Gasteiger partial charge is 0.315 e. The van der Waals surface area contributed by atoms with Gasteiger partial charge in [-0.2, -0.15) is 0 Å². The molecule has 1 aliphatic rings. The second-order valence-corrected chi connectivity index (χ2v) is 6.00. The quantitative estimate of drug-likeness (QED) is 0.896. The van der Waals surface area contributed by atoms with Crippen molar-refractivity contribution in [2.45, 2.75) is 32.6 Å². The highest BCUT2D eigenvalue weighted by molar-refractivity contribution is 7.09. The Balaban J connectivity index is 1.47. The molecule has 2 aromatic rings. The van der Waals surface area contributed by atoms with Crippen LogP contribution in [0.3, 0.4) is 0 Å². The van der Waals surface area contributed by atoms with E-state index in [-0.39, 0.29) is 0 Å². The fourth-order valence-electron chi connectivity index (χ4n) is 2.41. The van der Waals surface area contributed by atoms with Crippen molar-refractivity contribution in [1.29, 1.82) is 0 Å². The Morgan fingerprint density at radius 3 is 3.26 bits per heavy atom. The van der Waals surface area contributed by atoms with Crippen LogP contribution in [-0.2, 0) is 19.6 Å². The van der Waals surface area contributed by atoms with Gasteiger partial charge in [-0.15, -0.1) is 21.5 Å². The van der Waals surface area contributed by atoms with Gasteiger partial charge in [0.05, 0.1) is 6.54 Å². The molecule has 0 saturated heterocycles. The molecule has 1 N–H and O–H groups in total. The van der Waals surface area contributed by atoms with Crippen molar-refractivity contribution in [1.82, 2.24) is 25.0 Å². The Labute approximate surface area is 117 Å². The van der Waals surface area contributed by atoms with Crippen molar-refractivity contribution >= 4 is 11.3 Å². The molecular weight excluding hydrogens is 258 g/mol. The molecule has 1 aliphatic heterocycles. The number of fused-ring (bicyclic) bond motifs is 1.